The Morgan fingerprint density at radius 1 is 1.20 bits per heavy atom. The molecule has 45 heavy (non-hydrogen) atoms. The average molecular weight is 632 g/mol. The molecule has 0 amide bonds. The quantitative estimate of drug-likeness (QED) is 0.217. The molecular formula is C30H36F3N7O5. The summed E-state index contributed by atoms with van der Waals surface area (Å²) in [7, 11) is 0. The number of aliphatic carboxylic acids is 1. The van der Waals surface area contributed by atoms with Gasteiger partial charge in [0.2, 0.25) is 17.9 Å². The first-order valence-corrected chi connectivity index (χ1v) is 14.8. The number of carbonyl (C=O) groups is 2. The maximum atomic E-state index is 14.7. The fraction of sp³-hybridized carbons (Fsp3) is 0.500. The van der Waals surface area contributed by atoms with Crippen LogP contribution in [-0.2, 0) is 9.53 Å². The Balaban J connectivity index is 1.42. The van der Waals surface area contributed by atoms with Crippen molar-refractivity contribution in [3.8, 4) is 11.6 Å². The number of halogens is 3. The predicted octanol–water partition coefficient (Wildman–Crippen LogP) is 4.23. The predicted molar refractivity (Wildman–Crippen MR) is 157 cm³/mol. The third-order valence-corrected chi connectivity index (χ3v) is 8.30. The largest absolute Gasteiger partial charge is 0.480 e. The van der Waals surface area contributed by atoms with Gasteiger partial charge in [0.05, 0.1) is 23.6 Å². The van der Waals surface area contributed by atoms with Crippen molar-refractivity contribution in [3.05, 3.63) is 53.3 Å². The number of piperidine rings is 1. The van der Waals surface area contributed by atoms with Crippen molar-refractivity contribution < 1.29 is 37.3 Å². The second-order valence-corrected chi connectivity index (χ2v) is 11.6. The number of anilines is 2. The molecule has 1 spiro atoms. The van der Waals surface area contributed by atoms with Crippen LogP contribution in [0.3, 0.4) is 0 Å². The van der Waals surface area contributed by atoms with Gasteiger partial charge in [-0.3, -0.25) is 4.79 Å². The number of carboxylic acids is 1. The van der Waals surface area contributed by atoms with Gasteiger partial charge in [0, 0.05) is 37.5 Å². The summed E-state index contributed by atoms with van der Waals surface area (Å²) in [5.41, 5.74) is 6.09. The van der Waals surface area contributed by atoms with Crippen LogP contribution < -0.4 is 20.7 Å². The number of aromatic nitrogens is 4. The number of hydrogen-bond donors (Lipinski definition) is 3. The molecule has 15 heteroatoms. The number of benzene rings is 1. The normalized spacial score (nSPS) is 18.6. The standard InChI is InChI=1S/C30H36F3N7O5/c1-3-4-13-44-27(43)19-5-6-20(22(14-19)40-10-7-18(2)38-40)25(30(31,32)33)45-24-15-23(36-28(34)37-24)39-11-8-29(9-12-39)16-21(26(41)42)35-17-29/h5-7,10,14-15,21,25,35H,3-4,8-9,11-13,16-17H2,1-2H3,(H,41,42)(H2,34,36,37)/t21?,25-/m1/s1. The molecule has 4 heterocycles. The Hall–Kier alpha value is -4.40. The van der Waals surface area contributed by atoms with Gasteiger partial charge in [-0.1, -0.05) is 19.4 Å². The summed E-state index contributed by atoms with van der Waals surface area (Å²) in [5, 5.41) is 16.7. The molecule has 4 N–H and O–H groups in total. The van der Waals surface area contributed by atoms with E-state index in [1.807, 2.05) is 11.8 Å². The van der Waals surface area contributed by atoms with Gasteiger partial charge >= 0.3 is 18.1 Å². The molecule has 2 aromatic heterocycles. The van der Waals surface area contributed by atoms with Crippen molar-refractivity contribution in [2.45, 2.75) is 64.3 Å². The van der Waals surface area contributed by atoms with Gasteiger partial charge in [0.1, 0.15) is 11.9 Å². The highest BCUT2D eigenvalue weighted by molar-refractivity contribution is 5.90. The van der Waals surface area contributed by atoms with Crippen LogP contribution in [0, 0.1) is 12.3 Å². The lowest BCUT2D eigenvalue weighted by molar-refractivity contribution is -0.198. The summed E-state index contributed by atoms with van der Waals surface area (Å²) in [6.45, 7) is 5.42. The van der Waals surface area contributed by atoms with Gasteiger partial charge in [0.25, 0.3) is 0 Å². The van der Waals surface area contributed by atoms with Gasteiger partial charge in [-0.25, -0.2) is 9.48 Å². The molecule has 2 atom stereocenters. The highest BCUT2D eigenvalue weighted by atomic mass is 19.4. The summed E-state index contributed by atoms with van der Waals surface area (Å²) < 4.78 is 56.1. The van der Waals surface area contributed by atoms with Crippen molar-refractivity contribution in [3.63, 3.8) is 0 Å². The van der Waals surface area contributed by atoms with Crippen LogP contribution in [0.15, 0.2) is 36.5 Å². The minimum absolute atomic E-state index is 0.0104. The highest BCUT2D eigenvalue weighted by Crippen LogP contribution is 2.42. The van der Waals surface area contributed by atoms with Crippen molar-refractivity contribution in [1.82, 2.24) is 25.1 Å². The molecule has 12 nitrogen and oxygen atoms in total. The lowest BCUT2D eigenvalue weighted by Gasteiger charge is -2.39. The molecule has 0 radical (unpaired) electrons. The zero-order valence-electron chi connectivity index (χ0n) is 25.0. The van der Waals surface area contributed by atoms with Gasteiger partial charge in [0.15, 0.2) is 0 Å². The molecule has 2 fully saturated rings. The molecule has 3 aromatic rings. The van der Waals surface area contributed by atoms with E-state index in [1.165, 1.54) is 35.1 Å². The smallest absolute Gasteiger partial charge is 0.429 e. The van der Waals surface area contributed by atoms with E-state index in [0.717, 1.165) is 6.42 Å². The van der Waals surface area contributed by atoms with Crippen LogP contribution in [0.25, 0.3) is 5.69 Å². The number of ether oxygens (including phenoxy) is 2. The Morgan fingerprint density at radius 3 is 2.58 bits per heavy atom. The number of esters is 1. The lowest BCUT2D eigenvalue weighted by Crippen LogP contribution is -2.41. The summed E-state index contributed by atoms with van der Waals surface area (Å²) in [4.78, 5) is 34.2. The first-order valence-electron chi connectivity index (χ1n) is 14.8. The molecule has 2 aliphatic heterocycles. The van der Waals surface area contributed by atoms with E-state index in [4.69, 9.17) is 15.2 Å². The fourth-order valence-corrected chi connectivity index (χ4v) is 5.80. The first kappa shape index (κ1) is 32.0. The Labute approximate surface area is 257 Å². The van der Waals surface area contributed by atoms with E-state index in [-0.39, 0.29) is 40.7 Å². The molecule has 0 bridgehead atoms. The van der Waals surface area contributed by atoms with Crippen LogP contribution in [-0.4, -0.2) is 75.3 Å². The van der Waals surface area contributed by atoms with E-state index in [0.29, 0.717) is 56.8 Å². The lowest BCUT2D eigenvalue weighted by atomic mass is 9.76. The molecule has 0 saturated carbocycles. The molecule has 2 aliphatic rings. The highest BCUT2D eigenvalue weighted by Gasteiger charge is 2.46. The van der Waals surface area contributed by atoms with Crippen LogP contribution in [0.5, 0.6) is 5.88 Å². The molecular weight excluding hydrogens is 595 g/mol. The van der Waals surface area contributed by atoms with Gasteiger partial charge in [-0.05, 0) is 56.2 Å². The maximum Gasteiger partial charge on any atom is 0.429 e. The molecule has 0 aliphatic carbocycles. The minimum Gasteiger partial charge on any atom is -0.480 e. The molecule has 242 valence electrons. The second kappa shape index (κ2) is 12.9. The summed E-state index contributed by atoms with van der Waals surface area (Å²) in [6.07, 6.45) is -2.56. The topological polar surface area (TPSA) is 158 Å². The molecule has 1 aromatic carbocycles. The molecule has 5 rings (SSSR count). The van der Waals surface area contributed by atoms with Gasteiger partial charge in [-0.2, -0.15) is 28.2 Å². The number of aryl methyl sites for hydroxylation is 1. The SMILES string of the molecule is CCCCOC(=O)c1ccc([C@@H](Oc2cc(N3CCC4(CC3)CNC(C(=O)O)C4)nc(N)n2)C(F)(F)F)c(-n2ccc(C)n2)c1. The summed E-state index contributed by atoms with van der Waals surface area (Å²) >= 11 is 0. The number of nitrogens with one attached hydrogen (secondary N) is 1. The fourth-order valence-electron chi connectivity index (χ4n) is 5.80. The Bertz CT molecular complexity index is 1540. The van der Waals surface area contributed by atoms with Gasteiger partial charge in [-0.15, -0.1) is 0 Å². The van der Waals surface area contributed by atoms with E-state index in [2.05, 4.69) is 20.4 Å². The number of unbranched alkanes of at least 4 members (excludes halogenated alkanes) is 1. The van der Waals surface area contributed by atoms with Gasteiger partial charge < -0.3 is 30.5 Å². The van der Waals surface area contributed by atoms with Crippen LogP contribution in [0.1, 0.15) is 66.7 Å². The van der Waals surface area contributed by atoms with Crippen molar-refractivity contribution in [2.75, 3.05) is 36.9 Å². The first-order chi connectivity index (χ1) is 21.4. The monoisotopic (exact) mass is 631 g/mol. The summed E-state index contributed by atoms with van der Waals surface area (Å²) in [6, 6.07) is 6.09. The number of rotatable bonds is 10. The van der Waals surface area contributed by atoms with Crippen LogP contribution in [0.4, 0.5) is 24.9 Å². The van der Waals surface area contributed by atoms with E-state index >= 15 is 0 Å². The summed E-state index contributed by atoms with van der Waals surface area (Å²) in [5.74, 6) is -1.87. The second-order valence-electron chi connectivity index (χ2n) is 11.6. The number of nitrogen functional groups attached to an aromatic ring is 1. The van der Waals surface area contributed by atoms with E-state index in [9.17, 15) is 27.9 Å². The molecule has 1 unspecified atom stereocenters. The van der Waals surface area contributed by atoms with Crippen LogP contribution >= 0.6 is 0 Å². The Kier molecular flexibility index (Phi) is 9.18. The average Bonchev–Trinajstić information content (AvgIpc) is 3.62. The van der Waals surface area contributed by atoms with Crippen molar-refractivity contribution in [2.24, 2.45) is 5.41 Å². The number of hydrogen-bond acceptors (Lipinski definition) is 10. The van der Waals surface area contributed by atoms with Crippen LogP contribution in [0.2, 0.25) is 0 Å². The maximum absolute atomic E-state index is 14.7. The van der Waals surface area contributed by atoms with Crippen molar-refractivity contribution in [1.29, 1.82) is 0 Å². The number of carboxylic acid groups (broad SMARTS) is 1. The van der Waals surface area contributed by atoms with Crippen molar-refractivity contribution >= 4 is 23.7 Å². The number of nitrogens with zero attached hydrogens (tertiary/aromatic N) is 5. The van der Waals surface area contributed by atoms with E-state index < -0.39 is 30.3 Å². The zero-order chi connectivity index (χ0) is 32.4. The Morgan fingerprint density at radius 2 is 1.96 bits per heavy atom. The minimum atomic E-state index is -4.90. The zero-order valence-corrected chi connectivity index (χ0v) is 25.0. The van der Waals surface area contributed by atoms with E-state index in [1.54, 1.807) is 13.0 Å². The molecule has 2 saturated heterocycles. The number of alkyl halides is 3. The number of carbonyl (C=O) groups excluding carboxylic acids is 1. The third-order valence-electron chi connectivity index (χ3n) is 8.30. The number of nitrogens with two attached hydrogens (primary N) is 1. The third kappa shape index (κ3) is 7.30.